The fraction of sp³-hybridized carbons (Fsp3) is 0.462. The molecule has 0 spiro atoms. The molecule has 8 heteroatoms. The van der Waals surface area contributed by atoms with E-state index in [1.165, 1.54) is 0 Å². The fourth-order valence-electron chi connectivity index (χ4n) is 2.33. The van der Waals surface area contributed by atoms with Gasteiger partial charge in [-0.15, -0.1) is 0 Å². The number of amidine groups is 1. The predicted octanol–water partition coefficient (Wildman–Crippen LogP) is 0.774. The summed E-state index contributed by atoms with van der Waals surface area (Å²) in [6.07, 6.45) is 0. The number of rotatable bonds is 5. The summed E-state index contributed by atoms with van der Waals surface area (Å²) in [7, 11) is 8.73. The van der Waals surface area contributed by atoms with Crippen LogP contribution in [-0.2, 0) is 4.57 Å². The second kappa shape index (κ2) is 6.17. The molecule has 1 aromatic rings. The maximum Gasteiger partial charge on any atom is 0.402 e. The average molecular weight is 309 g/mol. The van der Waals surface area contributed by atoms with E-state index in [0.717, 1.165) is 11.4 Å². The molecule has 2 atom stereocenters. The molecule has 0 bridgehead atoms. The van der Waals surface area contributed by atoms with Crippen molar-refractivity contribution in [2.45, 2.75) is 5.53 Å². The number of nitrogens with one attached hydrogen (secondary N) is 1. The van der Waals surface area contributed by atoms with Gasteiger partial charge in [0.05, 0.1) is 0 Å². The Morgan fingerprint density at radius 3 is 2.19 bits per heavy atom. The molecule has 2 unspecified atom stereocenters. The quantitative estimate of drug-likeness (QED) is 0.811. The van der Waals surface area contributed by atoms with Crippen LogP contribution in [0.4, 0.5) is 0 Å². The molecule has 1 heterocycles. The lowest BCUT2D eigenvalue weighted by Gasteiger charge is -2.40. The summed E-state index contributed by atoms with van der Waals surface area (Å²) in [5, 5.41) is 10.6. The van der Waals surface area contributed by atoms with Crippen LogP contribution in [0.15, 0.2) is 35.3 Å². The third-order valence-electron chi connectivity index (χ3n) is 3.21. The molecule has 0 saturated heterocycles. The van der Waals surface area contributed by atoms with E-state index in [2.05, 4.69) is 5.32 Å². The minimum Gasteiger partial charge on any atom is -0.238 e. The number of hydrogen-bond acceptors (Lipinski definition) is 7. The van der Waals surface area contributed by atoms with Gasteiger partial charge in [-0.2, -0.15) is 10.1 Å². The van der Waals surface area contributed by atoms with Gasteiger partial charge in [-0.1, -0.05) is 34.9 Å². The van der Waals surface area contributed by atoms with E-state index in [0.29, 0.717) is 0 Å². The van der Waals surface area contributed by atoms with Gasteiger partial charge in [0.2, 0.25) is 0 Å². The highest BCUT2D eigenvalue weighted by atomic mass is 31.1. The lowest BCUT2D eigenvalue weighted by Crippen LogP contribution is -2.63. The summed E-state index contributed by atoms with van der Waals surface area (Å²) in [5.74, 6) is 0.743. The SMILES string of the molecule is CNC1([PH+]=O)N=C(c2ccccc2)N(N(C)C)N1N(C)C. The first-order valence-electron chi connectivity index (χ1n) is 6.65. The summed E-state index contributed by atoms with van der Waals surface area (Å²) in [5.41, 5.74) is -0.0349. The molecule has 7 nitrogen and oxygen atoms in total. The highest BCUT2D eigenvalue weighted by molar-refractivity contribution is 7.25. The Bertz CT molecular complexity index is 535. The van der Waals surface area contributed by atoms with Crippen molar-refractivity contribution < 1.29 is 4.57 Å². The summed E-state index contributed by atoms with van der Waals surface area (Å²) in [4.78, 5) is 4.71. The Morgan fingerprint density at radius 2 is 1.76 bits per heavy atom. The van der Waals surface area contributed by atoms with Crippen LogP contribution < -0.4 is 5.32 Å². The second-order valence-electron chi connectivity index (χ2n) is 5.10. The molecule has 21 heavy (non-hydrogen) atoms. The summed E-state index contributed by atoms with van der Waals surface area (Å²) >= 11 is 0. The molecular weight excluding hydrogens is 287 g/mol. The van der Waals surface area contributed by atoms with Crippen LogP contribution in [-0.4, -0.2) is 66.9 Å². The highest BCUT2D eigenvalue weighted by Crippen LogP contribution is 2.36. The molecule has 0 aliphatic carbocycles. The van der Waals surface area contributed by atoms with Gasteiger partial charge < -0.3 is 0 Å². The van der Waals surface area contributed by atoms with E-state index in [-0.39, 0.29) is 0 Å². The van der Waals surface area contributed by atoms with Crippen molar-refractivity contribution in [3.8, 4) is 0 Å². The molecule has 0 radical (unpaired) electrons. The third kappa shape index (κ3) is 2.71. The van der Waals surface area contributed by atoms with Crippen LogP contribution in [0.3, 0.4) is 0 Å². The van der Waals surface area contributed by atoms with Crippen LogP contribution in [0.5, 0.6) is 0 Å². The van der Waals surface area contributed by atoms with Gasteiger partial charge in [0.1, 0.15) is 0 Å². The predicted molar refractivity (Wildman–Crippen MR) is 84.8 cm³/mol. The largest absolute Gasteiger partial charge is 0.402 e. The zero-order valence-electron chi connectivity index (χ0n) is 13.0. The van der Waals surface area contributed by atoms with Crippen molar-refractivity contribution in [2.24, 2.45) is 4.99 Å². The van der Waals surface area contributed by atoms with Crippen molar-refractivity contribution in [1.29, 1.82) is 0 Å². The molecule has 2 rings (SSSR count). The third-order valence-corrected chi connectivity index (χ3v) is 4.05. The standard InChI is InChI=1S/C13H21N6OP/c1-14-13(21-20)15-12(11-9-7-6-8-10-11)18(16(2)3)19(13)17(4)5/h6-10,14H,1-5H3/p+1. The minimum absolute atomic E-state index is 0.668. The van der Waals surface area contributed by atoms with E-state index in [1.54, 1.807) is 7.05 Å². The Morgan fingerprint density at radius 1 is 1.14 bits per heavy atom. The Labute approximate surface area is 126 Å². The molecule has 1 aromatic carbocycles. The first-order valence-corrected chi connectivity index (χ1v) is 7.56. The molecular formula is C13H22N6OP+. The molecule has 1 N–H and O–H groups in total. The molecule has 0 aromatic heterocycles. The normalized spacial score (nSPS) is 23.4. The molecule has 114 valence electrons. The lowest BCUT2D eigenvalue weighted by atomic mass is 10.2. The van der Waals surface area contributed by atoms with Crippen molar-refractivity contribution >= 4 is 14.3 Å². The summed E-state index contributed by atoms with van der Waals surface area (Å²) < 4.78 is 11.9. The van der Waals surface area contributed by atoms with Crippen LogP contribution >= 0.6 is 8.46 Å². The van der Waals surface area contributed by atoms with Crippen molar-refractivity contribution in [1.82, 2.24) is 25.6 Å². The van der Waals surface area contributed by atoms with E-state index in [1.807, 2.05) is 78.8 Å². The van der Waals surface area contributed by atoms with Gasteiger partial charge in [0, 0.05) is 33.8 Å². The maximum absolute atomic E-state index is 11.9. The van der Waals surface area contributed by atoms with Gasteiger partial charge in [-0.05, 0) is 12.2 Å². The minimum atomic E-state index is -1.00. The number of nitrogens with zero attached hydrogens (tertiary/aromatic N) is 5. The Hall–Kier alpha value is -1.37. The topological polar surface area (TPSA) is 54.4 Å². The van der Waals surface area contributed by atoms with Crippen molar-refractivity contribution in [2.75, 3.05) is 35.2 Å². The van der Waals surface area contributed by atoms with Gasteiger partial charge in [-0.3, -0.25) is 0 Å². The van der Waals surface area contributed by atoms with E-state index < -0.39 is 14.0 Å². The van der Waals surface area contributed by atoms with E-state index in [4.69, 9.17) is 4.99 Å². The van der Waals surface area contributed by atoms with Gasteiger partial charge >= 0.3 is 14.0 Å². The monoisotopic (exact) mass is 309 g/mol. The number of hydrogen-bond donors (Lipinski definition) is 1. The van der Waals surface area contributed by atoms with Crippen molar-refractivity contribution in [3.63, 3.8) is 0 Å². The van der Waals surface area contributed by atoms with Crippen LogP contribution in [0.25, 0.3) is 0 Å². The van der Waals surface area contributed by atoms with E-state index >= 15 is 0 Å². The van der Waals surface area contributed by atoms with Gasteiger partial charge in [-0.25, -0.2) is 15.3 Å². The number of benzene rings is 1. The first-order chi connectivity index (χ1) is 9.96. The smallest absolute Gasteiger partial charge is 0.238 e. The maximum atomic E-state index is 11.9. The fourth-order valence-corrected chi connectivity index (χ4v) is 2.96. The molecule has 0 amide bonds. The lowest BCUT2D eigenvalue weighted by molar-refractivity contribution is -0.225. The zero-order chi connectivity index (χ0) is 15.6. The van der Waals surface area contributed by atoms with Crippen molar-refractivity contribution in [3.05, 3.63) is 35.9 Å². The summed E-state index contributed by atoms with van der Waals surface area (Å²) in [6.45, 7) is 0. The number of hydrazine groups is 3. The zero-order valence-corrected chi connectivity index (χ0v) is 14.0. The Balaban J connectivity index is 2.59. The molecule has 0 fully saturated rings. The van der Waals surface area contributed by atoms with E-state index in [9.17, 15) is 4.57 Å². The van der Waals surface area contributed by atoms with Crippen LogP contribution in [0, 0.1) is 0 Å². The first kappa shape index (κ1) is 16.0. The summed E-state index contributed by atoms with van der Waals surface area (Å²) in [6, 6.07) is 9.87. The molecule has 0 saturated carbocycles. The van der Waals surface area contributed by atoms with Gasteiger partial charge in [0.25, 0.3) is 0 Å². The molecule has 1 aliphatic heterocycles. The second-order valence-corrected chi connectivity index (χ2v) is 6.00. The highest BCUT2D eigenvalue weighted by Gasteiger charge is 2.56. The molecule has 1 aliphatic rings. The van der Waals surface area contributed by atoms with Crippen LogP contribution in [0.1, 0.15) is 5.56 Å². The average Bonchev–Trinajstić information content (AvgIpc) is 2.84. The number of aliphatic imine (C=N–C) groups is 1. The van der Waals surface area contributed by atoms with Crippen LogP contribution in [0.2, 0.25) is 0 Å². The Kier molecular flexibility index (Phi) is 4.70. The van der Waals surface area contributed by atoms with Gasteiger partial charge in [0.15, 0.2) is 5.84 Å².